The van der Waals surface area contributed by atoms with E-state index < -0.39 is 0 Å². The second-order valence-corrected chi connectivity index (χ2v) is 8.17. The Hall–Kier alpha value is -0.880. The van der Waals surface area contributed by atoms with Gasteiger partial charge in [0.15, 0.2) is 11.5 Å². The molecule has 1 unspecified atom stereocenters. The fourth-order valence-corrected chi connectivity index (χ4v) is 4.40. The van der Waals surface area contributed by atoms with Crippen molar-refractivity contribution in [1.29, 1.82) is 0 Å². The van der Waals surface area contributed by atoms with Gasteiger partial charge in [-0.3, -0.25) is 9.88 Å². The van der Waals surface area contributed by atoms with Gasteiger partial charge in [-0.2, -0.15) is 12.6 Å². The van der Waals surface area contributed by atoms with E-state index in [1.165, 1.54) is 12.8 Å². The highest BCUT2D eigenvalue weighted by atomic mass is 35.5. The van der Waals surface area contributed by atoms with Gasteiger partial charge >= 0.3 is 0 Å². The van der Waals surface area contributed by atoms with E-state index in [-0.39, 0.29) is 12.1 Å². The van der Waals surface area contributed by atoms with Crippen LogP contribution >= 0.6 is 35.8 Å². The van der Waals surface area contributed by atoms with Crippen LogP contribution in [0.15, 0.2) is 36.1 Å². The molecule has 0 aliphatic heterocycles. The quantitative estimate of drug-likeness (QED) is 0.572. The zero-order chi connectivity index (χ0) is 19.2. The summed E-state index contributed by atoms with van der Waals surface area (Å²) in [6, 6.07) is 0.174. The fraction of sp³-hybridized carbons (Fsp3) is 0.550. The standard InChI is InChI=1S/C20H26Cl2N2O2S/c1-25-19-7-6-14(10-20(19)26-15-4-2-3-5-15)24(8-9-27)13-16-17(21)11-23-12-18(16)22/h7,10-12,14-15,27H,2-6,8-9,13H2,1H3. The summed E-state index contributed by atoms with van der Waals surface area (Å²) in [6.45, 7) is 1.45. The highest BCUT2D eigenvalue weighted by Gasteiger charge is 2.26. The van der Waals surface area contributed by atoms with E-state index >= 15 is 0 Å². The van der Waals surface area contributed by atoms with E-state index in [0.717, 1.165) is 48.6 Å². The monoisotopic (exact) mass is 428 g/mol. The molecule has 1 saturated carbocycles. The molecule has 2 aliphatic carbocycles. The summed E-state index contributed by atoms with van der Waals surface area (Å²) in [5.74, 6) is 2.41. The lowest BCUT2D eigenvalue weighted by Gasteiger charge is -2.32. The second kappa shape index (κ2) is 10.1. The first-order valence-corrected chi connectivity index (χ1v) is 10.8. The number of hydrogen-bond donors (Lipinski definition) is 1. The van der Waals surface area contributed by atoms with Gasteiger partial charge in [-0.25, -0.2) is 0 Å². The van der Waals surface area contributed by atoms with E-state index in [0.29, 0.717) is 16.6 Å². The minimum atomic E-state index is 0.174. The average molecular weight is 429 g/mol. The van der Waals surface area contributed by atoms with Gasteiger partial charge in [-0.05, 0) is 44.3 Å². The number of pyridine rings is 1. The zero-order valence-corrected chi connectivity index (χ0v) is 17.9. The van der Waals surface area contributed by atoms with Crippen molar-refractivity contribution in [3.05, 3.63) is 51.7 Å². The number of ether oxygens (including phenoxy) is 2. The molecule has 3 rings (SSSR count). The van der Waals surface area contributed by atoms with Gasteiger partial charge < -0.3 is 9.47 Å². The van der Waals surface area contributed by atoms with E-state index in [1.807, 2.05) is 0 Å². The van der Waals surface area contributed by atoms with Crippen LogP contribution in [0.1, 0.15) is 37.7 Å². The number of methoxy groups -OCH3 is 1. The number of nitrogens with zero attached hydrogens (tertiary/aromatic N) is 2. The molecule has 27 heavy (non-hydrogen) atoms. The van der Waals surface area contributed by atoms with Crippen LogP contribution in [0.2, 0.25) is 10.0 Å². The molecule has 1 atom stereocenters. The Morgan fingerprint density at radius 3 is 2.52 bits per heavy atom. The number of halogens is 2. The van der Waals surface area contributed by atoms with Gasteiger partial charge in [0.2, 0.25) is 0 Å². The molecule has 1 fully saturated rings. The molecule has 0 radical (unpaired) electrons. The molecule has 1 heterocycles. The number of hydrogen-bond acceptors (Lipinski definition) is 5. The van der Waals surface area contributed by atoms with Crippen LogP contribution < -0.4 is 0 Å². The Morgan fingerprint density at radius 2 is 1.89 bits per heavy atom. The molecule has 0 N–H and O–H groups in total. The predicted octanol–water partition coefficient (Wildman–Crippen LogP) is 5.27. The van der Waals surface area contributed by atoms with Crippen molar-refractivity contribution in [2.75, 3.05) is 19.4 Å². The molecule has 0 saturated heterocycles. The number of aromatic nitrogens is 1. The van der Waals surface area contributed by atoms with Crippen molar-refractivity contribution in [2.24, 2.45) is 0 Å². The summed E-state index contributed by atoms with van der Waals surface area (Å²) >= 11 is 17.1. The number of rotatable bonds is 8. The Labute approximate surface area is 176 Å². The minimum absolute atomic E-state index is 0.174. The van der Waals surface area contributed by atoms with E-state index in [4.69, 9.17) is 32.7 Å². The third-order valence-corrected chi connectivity index (χ3v) is 5.97. The van der Waals surface area contributed by atoms with Crippen LogP contribution in [0.4, 0.5) is 0 Å². The van der Waals surface area contributed by atoms with Crippen molar-refractivity contribution in [2.45, 2.75) is 50.8 Å². The normalized spacial score (nSPS) is 20.6. The SMILES string of the molecule is COC1=CCC(N(CCS)Cc2c(Cl)cncc2Cl)C=C1OC1CCCC1. The van der Waals surface area contributed by atoms with Gasteiger partial charge in [0.25, 0.3) is 0 Å². The topological polar surface area (TPSA) is 34.6 Å². The first kappa shape index (κ1) is 20.8. The summed E-state index contributed by atoms with van der Waals surface area (Å²) < 4.78 is 11.8. The van der Waals surface area contributed by atoms with Crippen LogP contribution in [0.25, 0.3) is 0 Å². The van der Waals surface area contributed by atoms with E-state index in [1.54, 1.807) is 19.5 Å². The lowest BCUT2D eigenvalue weighted by molar-refractivity contribution is 0.0984. The Bertz CT molecular complexity index is 685. The van der Waals surface area contributed by atoms with E-state index in [2.05, 4.69) is 34.7 Å². The molecule has 2 aliphatic rings. The average Bonchev–Trinajstić information content (AvgIpc) is 3.17. The Balaban J connectivity index is 1.79. The third kappa shape index (κ3) is 5.35. The lowest BCUT2D eigenvalue weighted by Crippen LogP contribution is -2.36. The summed E-state index contributed by atoms with van der Waals surface area (Å²) in [4.78, 5) is 6.37. The first-order valence-electron chi connectivity index (χ1n) is 9.38. The van der Waals surface area contributed by atoms with Crippen LogP contribution in [0.3, 0.4) is 0 Å². The molecule has 148 valence electrons. The van der Waals surface area contributed by atoms with Gasteiger partial charge in [0.05, 0.1) is 23.3 Å². The predicted molar refractivity (Wildman–Crippen MR) is 113 cm³/mol. The lowest BCUT2D eigenvalue weighted by atomic mass is 10.0. The molecular formula is C20H26Cl2N2O2S. The van der Waals surface area contributed by atoms with Crippen molar-refractivity contribution in [3.8, 4) is 0 Å². The molecule has 0 spiro atoms. The van der Waals surface area contributed by atoms with Gasteiger partial charge in [-0.1, -0.05) is 23.2 Å². The maximum atomic E-state index is 6.34. The van der Waals surface area contributed by atoms with Crippen LogP contribution in [0.5, 0.6) is 0 Å². The third-order valence-electron chi connectivity index (χ3n) is 5.12. The molecule has 1 aromatic heterocycles. The largest absolute Gasteiger partial charge is 0.493 e. The smallest absolute Gasteiger partial charge is 0.158 e. The molecule has 0 amide bonds. The Morgan fingerprint density at radius 1 is 1.19 bits per heavy atom. The van der Waals surface area contributed by atoms with E-state index in [9.17, 15) is 0 Å². The van der Waals surface area contributed by atoms with Gasteiger partial charge in [0.1, 0.15) is 0 Å². The van der Waals surface area contributed by atoms with Crippen molar-refractivity contribution < 1.29 is 9.47 Å². The maximum absolute atomic E-state index is 6.34. The van der Waals surface area contributed by atoms with Crippen molar-refractivity contribution >= 4 is 35.8 Å². The molecule has 0 aromatic carbocycles. The highest BCUT2D eigenvalue weighted by molar-refractivity contribution is 7.80. The Kier molecular flexibility index (Phi) is 7.76. The van der Waals surface area contributed by atoms with Gasteiger partial charge in [-0.15, -0.1) is 0 Å². The second-order valence-electron chi connectivity index (χ2n) is 6.91. The summed E-state index contributed by atoms with van der Waals surface area (Å²) in [5, 5.41) is 1.17. The molecule has 1 aromatic rings. The summed E-state index contributed by atoms with van der Waals surface area (Å²) in [7, 11) is 1.69. The van der Waals surface area contributed by atoms with Crippen molar-refractivity contribution in [1.82, 2.24) is 9.88 Å². The highest BCUT2D eigenvalue weighted by Crippen LogP contribution is 2.31. The zero-order valence-electron chi connectivity index (χ0n) is 15.5. The summed E-state index contributed by atoms with van der Waals surface area (Å²) in [6.07, 6.45) is 13.4. The summed E-state index contributed by atoms with van der Waals surface area (Å²) in [5.41, 5.74) is 0.892. The van der Waals surface area contributed by atoms with Gasteiger partial charge in [0, 0.05) is 42.8 Å². The number of thiol groups is 1. The van der Waals surface area contributed by atoms with Crippen LogP contribution in [0, 0.1) is 0 Å². The molecule has 4 nitrogen and oxygen atoms in total. The molecule has 0 bridgehead atoms. The first-order chi connectivity index (χ1) is 13.1. The van der Waals surface area contributed by atoms with Crippen LogP contribution in [-0.4, -0.2) is 41.4 Å². The maximum Gasteiger partial charge on any atom is 0.158 e. The molecule has 7 heteroatoms. The van der Waals surface area contributed by atoms with Crippen molar-refractivity contribution in [3.63, 3.8) is 0 Å². The van der Waals surface area contributed by atoms with Crippen LogP contribution in [-0.2, 0) is 16.0 Å². The minimum Gasteiger partial charge on any atom is -0.493 e. The molecular weight excluding hydrogens is 403 g/mol. The fourth-order valence-electron chi connectivity index (χ4n) is 3.66.